The lowest BCUT2D eigenvalue weighted by molar-refractivity contribution is 0.0647. The summed E-state index contributed by atoms with van der Waals surface area (Å²) in [7, 11) is 0. The first-order valence-electron chi connectivity index (χ1n) is 9.98. The van der Waals surface area contributed by atoms with Crippen LogP contribution in [0.5, 0.6) is 0 Å². The molecule has 0 aliphatic carbocycles. The summed E-state index contributed by atoms with van der Waals surface area (Å²) in [4.78, 5) is 32.0. The molecule has 0 atom stereocenters. The van der Waals surface area contributed by atoms with Gasteiger partial charge >= 0.3 is 0 Å². The average Bonchev–Trinajstić information content (AvgIpc) is 3.28. The third-order valence-electron chi connectivity index (χ3n) is 5.43. The number of hydrogen-bond acceptors (Lipinski definition) is 5. The molecule has 4 rings (SSSR count). The predicted octanol–water partition coefficient (Wildman–Crippen LogP) is 1.96. The Hall–Kier alpha value is -2.67. The van der Waals surface area contributed by atoms with Crippen molar-refractivity contribution >= 4 is 17.5 Å². The Morgan fingerprint density at radius 2 is 1.79 bits per heavy atom. The third-order valence-corrected chi connectivity index (χ3v) is 5.43. The molecular weight excluding hydrogens is 354 g/mol. The van der Waals surface area contributed by atoms with Gasteiger partial charge in [-0.2, -0.15) is 5.10 Å². The summed E-state index contributed by atoms with van der Waals surface area (Å²) in [6, 6.07) is 7.46. The van der Waals surface area contributed by atoms with Gasteiger partial charge in [0.2, 0.25) is 0 Å². The van der Waals surface area contributed by atoms with E-state index in [2.05, 4.69) is 28.7 Å². The molecule has 1 saturated heterocycles. The van der Waals surface area contributed by atoms with Crippen molar-refractivity contribution in [2.75, 3.05) is 44.2 Å². The molecule has 0 spiro atoms. The predicted molar refractivity (Wildman–Crippen MR) is 108 cm³/mol. The molecule has 0 saturated carbocycles. The largest absolute Gasteiger partial charge is 0.368 e. The normalized spacial score (nSPS) is 17.7. The minimum atomic E-state index is -0.201. The molecule has 0 N–H and O–H groups in total. The molecule has 2 amide bonds. The van der Waals surface area contributed by atoms with Gasteiger partial charge in [-0.1, -0.05) is 19.9 Å². The van der Waals surface area contributed by atoms with Gasteiger partial charge in [0.15, 0.2) is 0 Å². The topological polar surface area (TPSA) is 61.7 Å². The van der Waals surface area contributed by atoms with Crippen LogP contribution in [-0.4, -0.2) is 70.7 Å². The second-order valence-electron chi connectivity index (χ2n) is 7.91. The Bertz CT molecular complexity index is 854. The lowest BCUT2D eigenvalue weighted by Gasteiger charge is -2.37. The number of rotatable bonds is 6. The van der Waals surface area contributed by atoms with E-state index in [1.807, 2.05) is 24.4 Å². The number of aromatic nitrogens is 2. The SMILES string of the molecule is CC(C)CN1CCN(c2cccc3c2C(=O)N(CCn2cccn2)C3=O)CC1. The molecule has 28 heavy (non-hydrogen) atoms. The molecule has 1 aromatic heterocycles. The number of carbonyl (C=O) groups is 2. The Morgan fingerprint density at radius 1 is 1.00 bits per heavy atom. The zero-order valence-corrected chi connectivity index (χ0v) is 16.5. The van der Waals surface area contributed by atoms with Crippen molar-refractivity contribution in [2.24, 2.45) is 5.92 Å². The number of piperazine rings is 1. The number of carbonyl (C=O) groups excluding carboxylic acids is 2. The van der Waals surface area contributed by atoms with E-state index in [9.17, 15) is 9.59 Å². The van der Waals surface area contributed by atoms with Gasteiger partial charge in [0, 0.05) is 51.7 Å². The van der Waals surface area contributed by atoms with E-state index in [-0.39, 0.29) is 11.8 Å². The van der Waals surface area contributed by atoms with E-state index in [1.54, 1.807) is 16.9 Å². The van der Waals surface area contributed by atoms with E-state index in [1.165, 1.54) is 4.90 Å². The van der Waals surface area contributed by atoms with Crippen molar-refractivity contribution in [1.29, 1.82) is 0 Å². The van der Waals surface area contributed by atoms with E-state index in [4.69, 9.17) is 0 Å². The summed E-state index contributed by atoms with van der Waals surface area (Å²) < 4.78 is 1.73. The molecule has 1 aromatic carbocycles. The maximum Gasteiger partial charge on any atom is 0.263 e. The summed E-state index contributed by atoms with van der Waals surface area (Å²) in [6.07, 6.45) is 3.53. The quantitative estimate of drug-likeness (QED) is 0.716. The number of anilines is 1. The molecular formula is C21H27N5O2. The summed E-state index contributed by atoms with van der Waals surface area (Å²) >= 11 is 0. The van der Waals surface area contributed by atoms with E-state index in [0.29, 0.717) is 30.1 Å². The first-order valence-corrected chi connectivity index (χ1v) is 9.98. The molecule has 2 aromatic rings. The highest BCUT2D eigenvalue weighted by Gasteiger charge is 2.38. The van der Waals surface area contributed by atoms with Crippen molar-refractivity contribution in [3.05, 3.63) is 47.8 Å². The van der Waals surface area contributed by atoms with Crippen molar-refractivity contribution < 1.29 is 9.59 Å². The molecule has 0 bridgehead atoms. The molecule has 1 fully saturated rings. The fourth-order valence-corrected chi connectivity index (χ4v) is 4.11. The fraction of sp³-hybridized carbons (Fsp3) is 0.476. The minimum Gasteiger partial charge on any atom is -0.368 e. The van der Waals surface area contributed by atoms with E-state index in [0.717, 1.165) is 38.4 Å². The Balaban J connectivity index is 1.50. The number of amides is 2. The van der Waals surface area contributed by atoms with Crippen LogP contribution < -0.4 is 4.90 Å². The summed E-state index contributed by atoms with van der Waals surface area (Å²) in [5.74, 6) is 0.259. The molecule has 3 heterocycles. The highest BCUT2D eigenvalue weighted by atomic mass is 16.2. The Morgan fingerprint density at radius 3 is 2.46 bits per heavy atom. The van der Waals surface area contributed by atoms with Gasteiger partial charge in [0.1, 0.15) is 0 Å². The molecule has 0 unspecified atom stereocenters. The molecule has 148 valence electrons. The molecule has 7 heteroatoms. The maximum atomic E-state index is 13.1. The second-order valence-corrected chi connectivity index (χ2v) is 7.91. The fourth-order valence-electron chi connectivity index (χ4n) is 4.11. The van der Waals surface area contributed by atoms with Crippen LogP contribution >= 0.6 is 0 Å². The zero-order chi connectivity index (χ0) is 19.7. The van der Waals surface area contributed by atoms with Crippen LogP contribution in [0.2, 0.25) is 0 Å². The van der Waals surface area contributed by atoms with Crippen LogP contribution in [0.15, 0.2) is 36.7 Å². The minimum absolute atomic E-state index is 0.188. The molecule has 2 aliphatic heterocycles. The maximum absolute atomic E-state index is 13.1. The van der Waals surface area contributed by atoms with Gasteiger partial charge in [-0.3, -0.25) is 24.1 Å². The highest BCUT2D eigenvalue weighted by molar-refractivity contribution is 6.23. The lowest BCUT2D eigenvalue weighted by Crippen LogP contribution is -2.47. The highest BCUT2D eigenvalue weighted by Crippen LogP contribution is 2.32. The summed E-state index contributed by atoms with van der Waals surface area (Å²) in [5.41, 5.74) is 1.97. The standard InChI is InChI=1S/C21H27N5O2/c1-16(2)15-23-9-11-24(12-10-23)18-6-3-5-17-19(18)21(28)26(20(17)27)14-13-25-8-4-7-22-25/h3-8,16H,9-15H2,1-2H3. The monoisotopic (exact) mass is 381 g/mol. The Kier molecular flexibility index (Phi) is 5.17. The average molecular weight is 381 g/mol. The van der Waals surface area contributed by atoms with Crippen molar-refractivity contribution in [3.63, 3.8) is 0 Å². The van der Waals surface area contributed by atoms with Gasteiger partial charge in [-0.15, -0.1) is 0 Å². The van der Waals surface area contributed by atoms with Crippen LogP contribution in [-0.2, 0) is 6.54 Å². The van der Waals surface area contributed by atoms with Gasteiger partial charge in [0.05, 0.1) is 23.4 Å². The first-order chi connectivity index (χ1) is 13.5. The van der Waals surface area contributed by atoms with E-state index >= 15 is 0 Å². The van der Waals surface area contributed by atoms with Gasteiger partial charge < -0.3 is 4.90 Å². The van der Waals surface area contributed by atoms with Crippen LogP contribution in [0.1, 0.15) is 34.6 Å². The van der Waals surface area contributed by atoms with Crippen molar-refractivity contribution in [3.8, 4) is 0 Å². The van der Waals surface area contributed by atoms with Crippen LogP contribution in [0.4, 0.5) is 5.69 Å². The van der Waals surface area contributed by atoms with Crippen molar-refractivity contribution in [1.82, 2.24) is 19.6 Å². The van der Waals surface area contributed by atoms with Gasteiger partial charge in [-0.05, 0) is 24.1 Å². The summed E-state index contributed by atoms with van der Waals surface area (Å²) in [6.45, 7) is 10.1. The van der Waals surface area contributed by atoms with Gasteiger partial charge in [-0.25, -0.2) is 0 Å². The Labute approximate surface area is 165 Å². The van der Waals surface area contributed by atoms with E-state index < -0.39 is 0 Å². The number of imide groups is 1. The smallest absolute Gasteiger partial charge is 0.263 e. The number of benzene rings is 1. The molecule has 0 radical (unpaired) electrons. The first kappa shape index (κ1) is 18.7. The van der Waals surface area contributed by atoms with Crippen LogP contribution in [0.25, 0.3) is 0 Å². The lowest BCUT2D eigenvalue weighted by atomic mass is 10.1. The number of fused-ring (bicyclic) bond motifs is 1. The van der Waals surface area contributed by atoms with Gasteiger partial charge in [0.25, 0.3) is 11.8 Å². The van der Waals surface area contributed by atoms with Crippen molar-refractivity contribution in [2.45, 2.75) is 20.4 Å². The number of nitrogens with zero attached hydrogens (tertiary/aromatic N) is 5. The third kappa shape index (κ3) is 3.54. The van der Waals surface area contributed by atoms with Crippen LogP contribution in [0.3, 0.4) is 0 Å². The van der Waals surface area contributed by atoms with Crippen LogP contribution in [0, 0.1) is 5.92 Å². The number of hydrogen-bond donors (Lipinski definition) is 0. The molecule has 2 aliphatic rings. The summed E-state index contributed by atoms with van der Waals surface area (Å²) in [5, 5.41) is 4.15. The zero-order valence-electron chi connectivity index (χ0n) is 16.5. The molecule has 7 nitrogen and oxygen atoms in total. The second kappa shape index (κ2) is 7.75.